The van der Waals surface area contributed by atoms with Gasteiger partial charge in [0.1, 0.15) is 0 Å². The van der Waals surface area contributed by atoms with E-state index >= 15 is 0 Å². The number of hydrogen-bond donors (Lipinski definition) is 1. The summed E-state index contributed by atoms with van der Waals surface area (Å²) < 4.78 is 31.2. The molecule has 1 heterocycles. The van der Waals surface area contributed by atoms with Crippen LogP contribution in [0.25, 0.3) is 0 Å². The molecule has 2 aromatic rings. The Morgan fingerprint density at radius 2 is 2.10 bits per heavy atom. The predicted octanol–water partition coefficient (Wildman–Crippen LogP) is 2.30. The molecule has 0 spiro atoms. The molecule has 1 aromatic heterocycles. The van der Waals surface area contributed by atoms with Gasteiger partial charge in [0, 0.05) is 5.92 Å². The molecule has 1 aliphatic carbocycles. The molecule has 0 radical (unpaired) electrons. The standard InChI is InChI=1S/C14H17N3O3S/c1-2-21(18,19)17-12-6-4-3-5-11(12)9-13-15-14(16-20-13)10-7-8-10/h3-6,10,17H,2,7-9H2,1H3. The minimum atomic E-state index is -3.30. The largest absolute Gasteiger partial charge is 0.339 e. The maximum atomic E-state index is 11.7. The number of nitrogens with one attached hydrogen (secondary N) is 1. The van der Waals surface area contributed by atoms with Crippen molar-refractivity contribution < 1.29 is 12.9 Å². The van der Waals surface area contributed by atoms with Crippen molar-refractivity contribution in [2.45, 2.75) is 32.1 Å². The van der Waals surface area contributed by atoms with Crippen LogP contribution in [0.1, 0.15) is 43.0 Å². The number of sulfonamides is 1. The van der Waals surface area contributed by atoms with Crippen LogP contribution in [0.3, 0.4) is 0 Å². The summed E-state index contributed by atoms with van der Waals surface area (Å²) in [5, 5.41) is 3.97. The van der Waals surface area contributed by atoms with Gasteiger partial charge >= 0.3 is 0 Å². The Kier molecular flexibility index (Phi) is 3.67. The summed E-state index contributed by atoms with van der Waals surface area (Å²) >= 11 is 0. The number of nitrogens with zero attached hydrogens (tertiary/aromatic N) is 2. The van der Waals surface area contributed by atoms with Crippen LogP contribution in [0, 0.1) is 0 Å². The normalized spacial score (nSPS) is 15.1. The van der Waals surface area contributed by atoms with E-state index in [9.17, 15) is 8.42 Å². The number of benzene rings is 1. The second-order valence-corrected chi connectivity index (χ2v) is 7.17. The Morgan fingerprint density at radius 1 is 1.33 bits per heavy atom. The highest BCUT2D eigenvalue weighted by atomic mass is 32.2. The molecule has 1 aromatic carbocycles. The van der Waals surface area contributed by atoms with Crippen LogP contribution in [-0.4, -0.2) is 24.3 Å². The molecule has 112 valence electrons. The topological polar surface area (TPSA) is 85.1 Å². The van der Waals surface area contributed by atoms with E-state index in [0.717, 1.165) is 24.2 Å². The van der Waals surface area contributed by atoms with Gasteiger partial charge in [-0.25, -0.2) is 8.42 Å². The summed E-state index contributed by atoms with van der Waals surface area (Å²) in [6, 6.07) is 7.24. The van der Waals surface area contributed by atoms with Crippen LogP contribution in [0.15, 0.2) is 28.8 Å². The molecule has 0 saturated heterocycles. The van der Waals surface area contributed by atoms with Crippen molar-refractivity contribution in [1.82, 2.24) is 10.1 Å². The van der Waals surface area contributed by atoms with Gasteiger partial charge in [0.15, 0.2) is 5.82 Å². The second kappa shape index (κ2) is 5.48. The zero-order chi connectivity index (χ0) is 14.9. The lowest BCUT2D eigenvalue weighted by molar-refractivity contribution is 0.379. The average molecular weight is 307 g/mol. The van der Waals surface area contributed by atoms with E-state index < -0.39 is 10.0 Å². The summed E-state index contributed by atoms with van der Waals surface area (Å²) in [7, 11) is -3.30. The number of aromatic nitrogens is 2. The van der Waals surface area contributed by atoms with Crippen molar-refractivity contribution in [3.05, 3.63) is 41.5 Å². The molecule has 21 heavy (non-hydrogen) atoms. The Labute approximate surface area is 123 Å². The molecule has 1 saturated carbocycles. The van der Waals surface area contributed by atoms with E-state index in [-0.39, 0.29) is 5.75 Å². The molecule has 0 atom stereocenters. The molecule has 0 aliphatic heterocycles. The minimum absolute atomic E-state index is 0.0354. The van der Waals surface area contributed by atoms with Crippen molar-refractivity contribution in [3.8, 4) is 0 Å². The first-order chi connectivity index (χ1) is 10.1. The van der Waals surface area contributed by atoms with Crippen molar-refractivity contribution in [2.24, 2.45) is 0 Å². The van der Waals surface area contributed by atoms with Gasteiger partial charge in [0.25, 0.3) is 0 Å². The fraction of sp³-hybridized carbons (Fsp3) is 0.429. The van der Waals surface area contributed by atoms with Gasteiger partial charge in [-0.2, -0.15) is 4.98 Å². The van der Waals surface area contributed by atoms with Gasteiger partial charge in [-0.3, -0.25) is 4.72 Å². The van der Waals surface area contributed by atoms with E-state index in [1.54, 1.807) is 19.1 Å². The Bertz CT molecular complexity index is 735. The summed E-state index contributed by atoms with van der Waals surface area (Å²) in [4.78, 5) is 4.37. The maximum absolute atomic E-state index is 11.7. The first-order valence-electron chi connectivity index (χ1n) is 6.98. The average Bonchev–Trinajstić information content (AvgIpc) is 3.21. The van der Waals surface area contributed by atoms with E-state index in [4.69, 9.17) is 4.52 Å². The van der Waals surface area contributed by atoms with Crippen molar-refractivity contribution in [3.63, 3.8) is 0 Å². The summed E-state index contributed by atoms with van der Waals surface area (Å²) in [6.07, 6.45) is 2.65. The first kappa shape index (κ1) is 14.1. The molecule has 6 nitrogen and oxygen atoms in total. The summed E-state index contributed by atoms with van der Waals surface area (Å²) in [5.74, 6) is 1.75. The van der Waals surface area contributed by atoms with Crippen LogP contribution in [-0.2, 0) is 16.4 Å². The highest BCUT2D eigenvalue weighted by molar-refractivity contribution is 7.92. The maximum Gasteiger partial charge on any atom is 0.232 e. The molecular formula is C14H17N3O3S. The third-order valence-corrected chi connectivity index (χ3v) is 4.72. The number of para-hydroxylation sites is 1. The van der Waals surface area contributed by atoms with Gasteiger partial charge in [-0.1, -0.05) is 23.4 Å². The highest BCUT2D eigenvalue weighted by Gasteiger charge is 2.28. The number of hydrogen-bond acceptors (Lipinski definition) is 5. The fourth-order valence-electron chi connectivity index (χ4n) is 2.02. The molecule has 7 heteroatoms. The monoisotopic (exact) mass is 307 g/mol. The third-order valence-electron chi connectivity index (χ3n) is 3.43. The molecule has 1 aliphatic rings. The quantitative estimate of drug-likeness (QED) is 0.885. The lowest BCUT2D eigenvalue weighted by atomic mass is 10.1. The van der Waals surface area contributed by atoms with Crippen LogP contribution in [0.4, 0.5) is 5.69 Å². The van der Waals surface area contributed by atoms with E-state index in [0.29, 0.717) is 23.9 Å². The molecule has 3 rings (SSSR count). The molecule has 0 unspecified atom stereocenters. The fourth-order valence-corrected chi connectivity index (χ4v) is 2.70. The van der Waals surface area contributed by atoms with Crippen LogP contribution < -0.4 is 4.72 Å². The molecule has 1 fully saturated rings. The highest BCUT2D eigenvalue weighted by Crippen LogP contribution is 2.38. The van der Waals surface area contributed by atoms with Crippen molar-refractivity contribution in [1.29, 1.82) is 0 Å². The Morgan fingerprint density at radius 3 is 2.81 bits per heavy atom. The van der Waals surface area contributed by atoms with Crippen LogP contribution in [0.5, 0.6) is 0 Å². The lowest BCUT2D eigenvalue weighted by Gasteiger charge is -2.10. The number of rotatable bonds is 6. The molecule has 0 amide bonds. The van der Waals surface area contributed by atoms with Crippen LogP contribution in [0.2, 0.25) is 0 Å². The van der Waals surface area contributed by atoms with E-state index in [1.165, 1.54) is 0 Å². The smallest absolute Gasteiger partial charge is 0.232 e. The summed E-state index contributed by atoms with van der Waals surface area (Å²) in [6.45, 7) is 1.60. The molecule has 1 N–H and O–H groups in total. The SMILES string of the molecule is CCS(=O)(=O)Nc1ccccc1Cc1nc(C2CC2)no1. The van der Waals surface area contributed by atoms with Gasteiger partial charge in [-0.05, 0) is 31.4 Å². The van der Waals surface area contributed by atoms with Gasteiger partial charge < -0.3 is 4.52 Å². The lowest BCUT2D eigenvalue weighted by Crippen LogP contribution is -2.15. The van der Waals surface area contributed by atoms with Crippen LogP contribution >= 0.6 is 0 Å². The van der Waals surface area contributed by atoms with Gasteiger partial charge in [-0.15, -0.1) is 0 Å². The zero-order valence-corrected chi connectivity index (χ0v) is 12.6. The Hall–Kier alpha value is -1.89. The molecule has 0 bridgehead atoms. The zero-order valence-electron chi connectivity index (χ0n) is 11.7. The predicted molar refractivity (Wildman–Crippen MR) is 78.6 cm³/mol. The number of anilines is 1. The van der Waals surface area contributed by atoms with Gasteiger partial charge in [0.2, 0.25) is 15.9 Å². The van der Waals surface area contributed by atoms with E-state index in [1.807, 2.05) is 12.1 Å². The molecular weight excluding hydrogens is 290 g/mol. The third kappa shape index (κ3) is 3.41. The second-order valence-electron chi connectivity index (χ2n) is 5.16. The minimum Gasteiger partial charge on any atom is -0.339 e. The Balaban J connectivity index is 1.80. The van der Waals surface area contributed by atoms with E-state index in [2.05, 4.69) is 14.9 Å². The van der Waals surface area contributed by atoms with Gasteiger partial charge in [0.05, 0.1) is 17.9 Å². The van der Waals surface area contributed by atoms with Crippen molar-refractivity contribution in [2.75, 3.05) is 10.5 Å². The first-order valence-corrected chi connectivity index (χ1v) is 8.63. The van der Waals surface area contributed by atoms with Crippen molar-refractivity contribution >= 4 is 15.7 Å². The summed E-state index contributed by atoms with van der Waals surface area (Å²) in [5.41, 5.74) is 1.38.